The van der Waals surface area contributed by atoms with Gasteiger partial charge in [0.2, 0.25) is 0 Å². The molecule has 0 aliphatic heterocycles. The molecule has 0 saturated carbocycles. The van der Waals surface area contributed by atoms with Crippen LogP contribution in [0.3, 0.4) is 0 Å². The zero-order valence-electron chi connectivity index (χ0n) is 12.5. The lowest BCUT2D eigenvalue weighted by Gasteiger charge is -2.08. The van der Waals surface area contributed by atoms with Crippen LogP contribution in [0.5, 0.6) is 0 Å². The first-order valence-electron chi connectivity index (χ1n) is 6.75. The molecule has 2 aromatic rings. The van der Waals surface area contributed by atoms with Crippen LogP contribution in [0.2, 0.25) is 0 Å². The van der Waals surface area contributed by atoms with E-state index < -0.39 is 0 Å². The second-order valence-corrected chi connectivity index (χ2v) is 4.62. The topological polar surface area (TPSA) is 76.0 Å². The second kappa shape index (κ2) is 8.31. The van der Waals surface area contributed by atoms with Gasteiger partial charge in [-0.05, 0) is 30.3 Å². The molecule has 0 radical (unpaired) electrons. The lowest BCUT2D eigenvalue weighted by Crippen LogP contribution is -2.23. The average Bonchev–Trinajstić information content (AvgIpc) is 2.48. The SMILES string of the molecule is CCNCc1cccc(NC(=O)c2ccc(=O)n(C)n2)c1.Cl. The summed E-state index contributed by atoms with van der Waals surface area (Å²) in [7, 11) is 1.51. The number of benzene rings is 1. The Bertz CT molecular complexity index is 700. The Kier molecular flexibility index (Phi) is 6.75. The predicted molar refractivity (Wildman–Crippen MR) is 88.5 cm³/mol. The molecular weight excluding hydrogens is 304 g/mol. The molecule has 2 rings (SSSR count). The first-order chi connectivity index (χ1) is 10.1. The first kappa shape index (κ1) is 17.9. The Morgan fingerprint density at radius 3 is 2.73 bits per heavy atom. The number of nitrogens with zero attached hydrogens (tertiary/aromatic N) is 2. The number of amides is 1. The van der Waals surface area contributed by atoms with E-state index >= 15 is 0 Å². The van der Waals surface area contributed by atoms with E-state index in [1.54, 1.807) is 0 Å². The predicted octanol–water partition coefficient (Wildman–Crippen LogP) is 1.56. The minimum Gasteiger partial charge on any atom is -0.321 e. The van der Waals surface area contributed by atoms with E-state index in [0.29, 0.717) is 5.69 Å². The highest BCUT2D eigenvalue weighted by molar-refractivity contribution is 6.02. The smallest absolute Gasteiger partial charge is 0.276 e. The number of hydrogen-bond donors (Lipinski definition) is 2. The highest BCUT2D eigenvalue weighted by atomic mass is 35.5. The number of carbonyl (C=O) groups excluding carboxylic acids is 1. The zero-order valence-corrected chi connectivity index (χ0v) is 13.3. The summed E-state index contributed by atoms with van der Waals surface area (Å²) in [6.45, 7) is 3.67. The van der Waals surface area contributed by atoms with Gasteiger partial charge in [-0.15, -0.1) is 12.4 Å². The number of rotatable bonds is 5. The van der Waals surface area contributed by atoms with E-state index in [0.717, 1.165) is 23.3 Å². The summed E-state index contributed by atoms with van der Waals surface area (Å²) in [6.07, 6.45) is 0. The molecule has 0 aliphatic carbocycles. The zero-order chi connectivity index (χ0) is 15.2. The summed E-state index contributed by atoms with van der Waals surface area (Å²) in [4.78, 5) is 23.4. The van der Waals surface area contributed by atoms with Crippen molar-refractivity contribution in [3.63, 3.8) is 0 Å². The van der Waals surface area contributed by atoms with E-state index in [-0.39, 0.29) is 29.6 Å². The summed E-state index contributed by atoms with van der Waals surface area (Å²) >= 11 is 0. The second-order valence-electron chi connectivity index (χ2n) is 4.62. The van der Waals surface area contributed by atoms with Gasteiger partial charge in [-0.2, -0.15) is 5.10 Å². The highest BCUT2D eigenvalue weighted by Gasteiger charge is 2.09. The van der Waals surface area contributed by atoms with Crippen molar-refractivity contribution in [2.75, 3.05) is 11.9 Å². The summed E-state index contributed by atoms with van der Waals surface area (Å²) in [6, 6.07) is 10.3. The number of anilines is 1. The molecule has 1 aromatic heterocycles. The van der Waals surface area contributed by atoms with Gasteiger partial charge in [-0.1, -0.05) is 19.1 Å². The van der Waals surface area contributed by atoms with Crippen molar-refractivity contribution >= 4 is 24.0 Å². The van der Waals surface area contributed by atoms with Gasteiger partial charge < -0.3 is 10.6 Å². The van der Waals surface area contributed by atoms with Crippen molar-refractivity contribution < 1.29 is 4.79 Å². The van der Waals surface area contributed by atoms with Crippen molar-refractivity contribution in [2.45, 2.75) is 13.5 Å². The molecule has 2 N–H and O–H groups in total. The molecular formula is C15H19ClN4O2. The van der Waals surface area contributed by atoms with Crippen LogP contribution in [0, 0.1) is 0 Å². The van der Waals surface area contributed by atoms with Gasteiger partial charge >= 0.3 is 0 Å². The maximum atomic E-state index is 12.1. The van der Waals surface area contributed by atoms with Gasteiger partial charge in [0.15, 0.2) is 0 Å². The molecule has 7 heteroatoms. The molecule has 1 amide bonds. The largest absolute Gasteiger partial charge is 0.321 e. The lowest BCUT2D eigenvalue weighted by atomic mass is 10.2. The summed E-state index contributed by atoms with van der Waals surface area (Å²) in [5.74, 6) is -0.341. The maximum Gasteiger partial charge on any atom is 0.276 e. The third-order valence-corrected chi connectivity index (χ3v) is 2.96. The monoisotopic (exact) mass is 322 g/mol. The quantitative estimate of drug-likeness (QED) is 0.876. The van der Waals surface area contributed by atoms with Crippen molar-refractivity contribution in [3.8, 4) is 0 Å². The number of carbonyl (C=O) groups is 1. The summed E-state index contributed by atoms with van der Waals surface area (Å²) < 4.78 is 1.14. The Labute approximate surface area is 135 Å². The Morgan fingerprint density at radius 2 is 2.05 bits per heavy atom. The third-order valence-electron chi connectivity index (χ3n) is 2.96. The molecule has 1 aromatic carbocycles. The molecule has 0 unspecified atom stereocenters. The number of halogens is 1. The number of nitrogens with one attached hydrogen (secondary N) is 2. The van der Waals surface area contributed by atoms with Crippen molar-refractivity contribution in [1.29, 1.82) is 0 Å². The van der Waals surface area contributed by atoms with E-state index in [1.165, 1.54) is 19.2 Å². The Morgan fingerprint density at radius 1 is 1.27 bits per heavy atom. The molecule has 0 atom stereocenters. The fraction of sp³-hybridized carbons (Fsp3) is 0.267. The van der Waals surface area contributed by atoms with Crippen LogP contribution in [0.1, 0.15) is 23.0 Å². The summed E-state index contributed by atoms with van der Waals surface area (Å²) in [5, 5.41) is 9.93. The molecule has 22 heavy (non-hydrogen) atoms. The molecule has 0 aliphatic rings. The lowest BCUT2D eigenvalue weighted by molar-refractivity contribution is 0.102. The van der Waals surface area contributed by atoms with Gasteiger partial charge in [0.1, 0.15) is 5.69 Å². The Balaban J connectivity index is 0.00000242. The molecule has 0 spiro atoms. The molecule has 0 saturated heterocycles. The van der Waals surface area contributed by atoms with Gasteiger partial charge in [-0.3, -0.25) is 9.59 Å². The fourth-order valence-corrected chi connectivity index (χ4v) is 1.85. The van der Waals surface area contributed by atoms with Gasteiger partial charge in [-0.25, -0.2) is 4.68 Å². The van der Waals surface area contributed by atoms with Crippen molar-refractivity contribution in [2.24, 2.45) is 7.05 Å². The number of aryl methyl sites for hydroxylation is 1. The van der Waals surface area contributed by atoms with Crippen LogP contribution in [0.15, 0.2) is 41.2 Å². The molecule has 6 nitrogen and oxygen atoms in total. The standard InChI is InChI=1S/C15H18N4O2.ClH/c1-3-16-10-11-5-4-6-12(9-11)17-15(21)13-7-8-14(20)19(2)18-13;/h4-9,16H,3,10H2,1-2H3,(H,17,21);1H. The van der Waals surface area contributed by atoms with Crippen LogP contribution in [-0.2, 0) is 13.6 Å². The van der Waals surface area contributed by atoms with Crippen LogP contribution in [-0.4, -0.2) is 22.2 Å². The van der Waals surface area contributed by atoms with Gasteiger partial charge in [0.05, 0.1) is 0 Å². The number of hydrogen-bond acceptors (Lipinski definition) is 4. The van der Waals surface area contributed by atoms with E-state index in [4.69, 9.17) is 0 Å². The van der Waals surface area contributed by atoms with E-state index in [2.05, 4.69) is 15.7 Å². The van der Waals surface area contributed by atoms with Crippen LogP contribution >= 0.6 is 12.4 Å². The first-order valence-corrected chi connectivity index (χ1v) is 6.75. The van der Waals surface area contributed by atoms with Gasteiger partial charge in [0.25, 0.3) is 11.5 Å². The molecule has 1 heterocycles. The van der Waals surface area contributed by atoms with Gasteiger partial charge in [0, 0.05) is 25.3 Å². The van der Waals surface area contributed by atoms with E-state index in [9.17, 15) is 9.59 Å². The number of aromatic nitrogens is 2. The molecule has 118 valence electrons. The van der Waals surface area contributed by atoms with Crippen molar-refractivity contribution in [1.82, 2.24) is 15.1 Å². The highest BCUT2D eigenvalue weighted by Crippen LogP contribution is 2.11. The molecule has 0 bridgehead atoms. The van der Waals surface area contributed by atoms with Crippen LogP contribution in [0.25, 0.3) is 0 Å². The maximum absolute atomic E-state index is 12.1. The normalized spacial score (nSPS) is 9.91. The Hall–Kier alpha value is -2.18. The van der Waals surface area contributed by atoms with Crippen molar-refractivity contribution in [3.05, 3.63) is 58.0 Å². The van der Waals surface area contributed by atoms with Crippen LogP contribution in [0.4, 0.5) is 5.69 Å². The fourth-order valence-electron chi connectivity index (χ4n) is 1.85. The van der Waals surface area contributed by atoms with Crippen LogP contribution < -0.4 is 16.2 Å². The minimum atomic E-state index is -0.341. The summed E-state index contributed by atoms with van der Waals surface area (Å²) in [5.41, 5.74) is 1.74. The average molecular weight is 323 g/mol. The third kappa shape index (κ3) is 4.68. The van der Waals surface area contributed by atoms with E-state index in [1.807, 2.05) is 31.2 Å². The molecule has 0 fully saturated rings. The minimum absolute atomic E-state index is 0.